The molecule has 0 saturated carbocycles. The predicted molar refractivity (Wildman–Crippen MR) is 93.0 cm³/mol. The van der Waals surface area contributed by atoms with Crippen molar-refractivity contribution < 1.29 is 9.90 Å². The van der Waals surface area contributed by atoms with Crippen molar-refractivity contribution in [2.75, 3.05) is 41.7 Å². The molecule has 0 spiro atoms. The van der Waals surface area contributed by atoms with E-state index >= 15 is 0 Å². The summed E-state index contributed by atoms with van der Waals surface area (Å²) in [5, 5.41) is 13.6. The van der Waals surface area contributed by atoms with Gasteiger partial charge in [-0.2, -0.15) is 4.98 Å². The molecule has 3 aromatic heterocycles. The Kier molecular flexibility index (Phi) is 3.60. The second kappa shape index (κ2) is 5.93. The van der Waals surface area contributed by atoms with Crippen LogP contribution in [0.25, 0.3) is 5.65 Å². The molecule has 3 aromatic rings. The van der Waals surface area contributed by atoms with Crippen LogP contribution in [0, 0.1) is 0 Å². The maximum Gasteiger partial charge on any atom is 0.338 e. The third kappa shape index (κ3) is 2.80. The Hall–Kier alpha value is -3.36. The highest BCUT2D eigenvalue weighted by atomic mass is 16.4. The number of hydrogen-bond donors (Lipinski definition) is 2. The maximum atomic E-state index is 11.7. The third-order valence-corrected chi connectivity index (χ3v) is 4.29. The molecule has 0 amide bonds. The molecular weight excluding hydrogens is 322 g/mol. The number of pyridine rings is 2. The van der Waals surface area contributed by atoms with Gasteiger partial charge in [0.15, 0.2) is 5.65 Å². The molecule has 4 heterocycles. The molecule has 25 heavy (non-hydrogen) atoms. The van der Waals surface area contributed by atoms with E-state index < -0.39 is 5.97 Å². The van der Waals surface area contributed by atoms with Crippen LogP contribution >= 0.6 is 0 Å². The number of carbonyl (C=O) groups is 1. The summed E-state index contributed by atoms with van der Waals surface area (Å²) in [5.41, 5.74) is 6.85. The Morgan fingerprint density at radius 2 is 1.92 bits per heavy atom. The summed E-state index contributed by atoms with van der Waals surface area (Å²) in [7, 11) is 0. The first-order valence-electron chi connectivity index (χ1n) is 7.92. The van der Waals surface area contributed by atoms with Gasteiger partial charge in [-0.3, -0.25) is 0 Å². The SMILES string of the molecule is Nc1nc2cc(C(=O)O)c(N3CCN(c4ccccn4)CC3)cn2n1. The molecule has 1 saturated heterocycles. The Labute approximate surface area is 143 Å². The molecule has 3 N–H and O–H groups in total. The van der Waals surface area contributed by atoms with Crippen LogP contribution in [0.15, 0.2) is 36.7 Å². The van der Waals surface area contributed by atoms with Crippen LogP contribution in [0.5, 0.6) is 0 Å². The first-order valence-corrected chi connectivity index (χ1v) is 7.92. The number of nitrogen functional groups attached to an aromatic ring is 1. The molecule has 0 aromatic carbocycles. The molecule has 4 rings (SSSR count). The van der Waals surface area contributed by atoms with Crippen LogP contribution in [0.3, 0.4) is 0 Å². The van der Waals surface area contributed by atoms with Crippen molar-refractivity contribution in [2.24, 2.45) is 0 Å². The molecule has 9 nitrogen and oxygen atoms in total. The Morgan fingerprint density at radius 1 is 1.16 bits per heavy atom. The topological polar surface area (TPSA) is 113 Å². The lowest BCUT2D eigenvalue weighted by atomic mass is 10.2. The van der Waals surface area contributed by atoms with Crippen LogP contribution < -0.4 is 15.5 Å². The molecule has 1 fully saturated rings. The molecule has 9 heteroatoms. The van der Waals surface area contributed by atoms with Gasteiger partial charge < -0.3 is 20.6 Å². The Bertz CT molecular complexity index is 917. The predicted octanol–water partition coefficient (Wildman–Crippen LogP) is 0.731. The minimum absolute atomic E-state index is 0.119. The van der Waals surface area contributed by atoms with Crippen molar-refractivity contribution in [2.45, 2.75) is 0 Å². The number of rotatable bonds is 3. The molecular formula is C16H17N7O2. The fourth-order valence-corrected chi connectivity index (χ4v) is 3.07. The zero-order valence-corrected chi connectivity index (χ0v) is 13.4. The summed E-state index contributed by atoms with van der Waals surface area (Å²) < 4.78 is 1.52. The Balaban J connectivity index is 1.62. The van der Waals surface area contributed by atoms with Crippen molar-refractivity contribution in [3.63, 3.8) is 0 Å². The zero-order chi connectivity index (χ0) is 17.4. The van der Waals surface area contributed by atoms with Gasteiger partial charge in [-0.15, -0.1) is 5.10 Å². The van der Waals surface area contributed by atoms with Crippen molar-refractivity contribution in [3.8, 4) is 0 Å². The summed E-state index contributed by atoms with van der Waals surface area (Å²) in [6.45, 7) is 2.89. The molecule has 0 aliphatic carbocycles. The van der Waals surface area contributed by atoms with E-state index in [-0.39, 0.29) is 11.5 Å². The Morgan fingerprint density at radius 3 is 2.60 bits per heavy atom. The number of fused-ring (bicyclic) bond motifs is 1. The number of nitrogens with zero attached hydrogens (tertiary/aromatic N) is 6. The fourth-order valence-electron chi connectivity index (χ4n) is 3.07. The van der Waals surface area contributed by atoms with Gasteiger partial charge in [0, 0.05) is 32.4 Å². The largest absolute Gasteiger partial charge is 0.478 e. The third-order valence-electron chi connectivity index (χ3n) is 4.29. The maximum absolute atomic E-state index is 11.7. The van der Waals surface area contributed by atoms with E-state index in [2.05, 4.69) is 20.0 Å². The summed E-state index contributed by atoms with van der Waals surface area (Å²) >= 11 is 0. The van der Waals surface area contributed by atoms with Crippen LogP contribution in [0.2, 0.25) is 0 Å². The quantitative estimate of drug-likeness (QED) is 0.718. The standard InChI is InChI=1S/C16H17N7O2/c17-16-19-14-9-11(15(24)25)12(10-23(14)20-16)21-5-7-22(8-6-21)13-3-1-2-4-18-13/h1-4,9-10H,5-8H2,(H2,17,20)(H,24,25). The summed E-state index contributed by atoms with van der Waals surface area (Å²) in [6.07, 6.45) is 3.45. The lowest BCUT2D eigenvalue weighted by molar-refractivity contribution is 0.0697. The number of hydrogen-bond acceptors (Lipinski definition) is 7. The van der Waals surface area contributed by atoms with Crippen LogP contribution in [-0.4, -0.2) is 56.8 Å². The van der Waals surface area contributed by atoms with Crippen LogP contribution in [0.4, 0.5) is 17.5 Å². The van der Waals surface area contributed by atoms with E-state index in [1.165, 1.54) is 10.6 Å². The van der Waals surface area contributed by atoms with E-state index in [9.17, 15) is 9.90 Å². The highest BCUT2D eigenvalue weighted by Crippen LogP contribution is 2.24. The van der Waals surface area contributed by atoms with Crippen molar-refractivity contribution >= 4 is 29.1 Å². The van der Waals surface area contributed by atoms with E-state index in [1.54, 1.807) is 12.4 Å². The minimum Gasteiger partial charge on any atom is -0.478 e. The van der Waals surface area contributed by atoms with Crippen molar-refractivity contribution in [3.05, 3.63) is 42.2 Å². The van der Waals surface area contributed by atoms with Gasteiger partial charge in [0.2, 0.25) is 5.95 Å². The van der Waals surface area contributed by atoms with Crippen molar-refractivity contribution in [1.29, 1.82) is 0 Å². The van der Waals surface area contributed by atoms with Gasteiger partial charge in [0.05, 0.1) is 17.4 Å². The number of anilines is 3. The molecule has 0 atom stereocenters. The summed E-state index contributed by atoms with van der Waals surface area (Å²) in [6, 6.07) is 7.33. The molecule has 0 radical (unpaired) electrons. The van der Waals surface area contributed by atoms with Gasteiger partial charge >= 0.3 is 5.97 Å². The number of carboxylic acid groups (broad SMARTS) is 1. The number of aromatic carboxylic acids is 1. The van der Waals surface area contributed by atoms with Crippen LogP contribution in [-0.2, 0) is 0 Å². The zero-order valence-electron chi connectivity index (χ0n) is 13.4. The van der Waals surface area contributed by atoms with Gasteiger partial charge in [-0.1, -0.05) is 6.07 Å². The molecule has 0 bridgehead atoms. The minimum atomic E-state index is -0.994. The number of carboxylic acids is 1. The van der Waals surface area contributed by atoms with Gasteiger partial charge in [-0.25, -0.2) is 14.3 Å². The van der Waals surface area contributed by atoms with E-state index in [1.807, 2.05) is 23.1 Å². The second-order valence-corrected chi connectivity index (χ2v) is 5.81. The van der Waals surface area contributed by atoms with Crippen molar-refractivity contribution in [1.82, 2.24) is 19.6 Å². The molecule has 1 aliphatic rings. The first-order chi connectivity index (χ1) is 12.1. The monoisotopic (exact) mass is 339 g/mol. The second-order valence-electron chi connectivity index (χ2n) is 5.81. The number of nitrogens with two attached hydrogens (primary N) is 1. The van der Waals surface area contributed by atoms with E-state index in [4.69, 9.17) is 5.73 Å². The number of piperazine rings is 1. The highest BCUT2D eigenvalue weighted by molar-refractivity contribution is 5.95. The van der Waals surface area contributed by atoms with Gasteiger partial charge in [0.25, 0.3) is 0 Å². The first kappa shape index (κ1) is 15.2. The average molecular weight is 339 g/mol. The van der Waals surface area contributed by atoms with E-state index in [0.29, 0.717) is 24.4 Å². The smallest absolute Gasteiger partial charge is 0.338 e. The molecule has 0 unspecified atom stereocenters. The van der Waals surface area contributed by atoms with Gasteiger partial charge in [-0.05, 0) is 18.2 Å². The highest BCUT2D eigenvalue weighted by Gasteiger charge is 2.23. The van der Waals surface area contributed by atoms with Gasteiger partial charge in [0.1, 0.15) is 5.82 Å². The molecule has 1 aliphatic heterocycles. The van der Waals surface area contributed by atoms with E-state index in [0.717, 1.165) is 18.9 Å². The summed E-state index contributed by atoms with van der Waals surface area (Å²) in [5.74, 6) is 0.0554. The average Bonchev–Trinajstić information content (AvgIpc) is 3.00. The molecule has 128 valence electrons. The van der Waals surface area contributed by atoms with Crippen LogP contribution in [0.1, 0.15) is 10.4 Å². The lowest BCUT2D eigenvalue weighted by Gasteiger charge is -2.37. The summed E-state index contributed by atoms with van der Waals surface area (Å²) in [4.78, 5) is 24.3. The number of aromatic nitrogens is 4. The normalized spacial score (nSPS) is 14.9. The fraction of sp³-hybridized carbons (Fsp3) is 0.250. The lowest BCUT2D eigenvalue weighted by Crippen LogP contribution is -2.47.